The van der Waals surface area contributed by atoms with Gasteiger partial charge in [0.2, 0.25) is 5.69 Å². The summed E-state index contributed by atoms with van der Waals surface area (Å²) in [6, 6.07) is 9.01. The minimum atomic E-state index is -0.402. The first-order valence-corrected chi connectivity index (χ1v) is 4.60. The Kier molecular flexibility index (Phi) is 2.46. The predicted octanol–water partition coefficient (Wildman–Crippen LogP) is 2.55. The molecule has 0 bridgehead atoms. The van der Waals surface area contributed by atoms with Gasteiger partial charge in [0.25, 0.3) is 0 Å². The second kappa shape index (κ2) is 3.77. The molecule has 76 valence electrons. The van der Waals surface area contributed by atoms with Gasteiger partial charge >= 0.3 is 5.95 Å². The van der Waals surface area contributed by atoms with Crippen molar-refractivity contribution in [1.82, 2.24) is 0 Å². The van der Waals surface area contributed by atoms with Crippen LogP contribution in [-0.2, 0) is 0 Å². The number of nitrogens with zero attached hydrogens (tertiary/aromatic N) is 1. The van der Waals surface area contributed by atoms with E-state index in [1.807, 2.05) is 0 Å². The molecular formula is C12H10F2N+. The molecule has 0 amide bonds. The molecule has 0 atom stereocenters. The fraction of sp³-hybridized carbons (Fsp3) is 0.0833. The first-order valence-electron chi connectivity index (χ1n) is 4.60. The lowest BCUT2D eigenvalue weighted by molar-refractivity contribution is -0.628. The monoisotopic (exact) mass is 206 g/mol. The zero-order valence-electron chi connectivity index (χ0n) is 8.24. The molecule has 3 heteroatoms. The summed E-state index contributed by atoms with van der Waals surface area (Å²) in [6.07, 6.45) is 1.58. The van der Waals surface area contributed by atoms with Gasteiger partial charge in [0.15, 0.2) is 6.20 Å². The molecule has 0 radical (unpaired) electrons. The Morgan fingerprint density at radius 3 is 2.53 bits per heavy atom. The van der Waals surface area contributed by atoms with Crippen LogP contribution in [0.5, 0.6) is 0 Å². The third kappa shape index (κ3) is 2.01. The SMILES string of the molecule is Cc1cc[n+](-c2cccc(F)c2)c(F)c1. The third-order valence-electron chi connectivity index (χ3n) is 2.15. The molecule has 15 heavy (non-hydrogen) atoms. The molecule has 0 spiro atoms. The van der Waals surface area contributed by atoms with E-state index < -0.39 is 5.95 Å². The number of benzene rings is 1. The van der Waals surface area contributed by atoms with Crippen LogP contribution in [0.3, 0.4) is 0 Å². The van der Waals surface area contributed by atoms with Gasteiger partial charge in [-0.3, -0.25) is 0 Å². The van der Waals surface area contributed by atoms with Gasteiger partial charge in [-0.2, -0.15) is 0 Å². The lowest BCUT2D eigenvalue weighted by Crippen LogP contribution is -2.34. The normalized spacial score (nSPS) is 10.3. The molecule has 0 aliphatic carbocycles. The molecule has 1 nitrogen and oxygen atoms in total. The van der Waals surface area contributed by atoms with Crippen LogP contribution >= 0.6 is 0 Å². The van der Waals surface area contributed by atoms with Crippen molar-refractivity contribution in [1.29, 1.82) is 0 Å². The first-order chi connectivity index (χ1) is 7.16. The fourth-order valence-corrected chi connectivity index (χ4v) is 1.40. The summed E-state index contributed by atoms with van der Waals surface area (Å²) in [6.45, 7) is 1.80. The molecule has 0 fully saturated rings. The molecule has 0 aliphatic rings. The van der Waals surface area contributed by atoms with Gasteiger partial charge in [0.05, 0.1) is 0 Å². The lowest BCUT2D eigenvalue weighted by atomic mass is 10.2. The number of pyridine rings is 1. The molecule has 2 aromatic rings. The molecule has 0 saturated heterocycles. The molecule has 1 aromatic carbocycles. The summed E-state index contributed by atoms with van der Waals surface area (Å²) in [5, 5.41) is 0. The summed E-state index contributed by atoms with van der Waals surface area (Å²) in [5.41, 5.74) is 1.31. The largest absolute Gasteiger partial charge is 0.365 e. The van der Waals surface area contributed by atoms with E-state index in [0.717, 1.165) is 5.56 Å². The molecule has 0 N–H and O–H groups in total. The topological polar surface area (TPSA) is 3.88 Å². The van der Waals surface area contributed by atoms with E-state index in [0.29, 0.717) is 5.69 Å². The number of aromatic nitrogens is 1. The van der Waals surface area contributed by atoms with Gasteiger partial charge in [0, 0.05) is 24.3 Å². The van der Waals surface area contributed by atoms with Crippen molar-refractivity contribution in [3.63, 3.8) is 0 Å². The zero-order chi connectivity index (χ0) is 10.8. The number of rotatable bonds is 1. The van der Waals surface area contributed by atoms with Gasteiger partial charge in [-0.1, -0.05) is 6.07 Å². The Bertz CT molecular complexity index is 495. The minimum Gasteiger partial charge on any atom is -0.207 e. The van der Waals surface area contributed by atoms with Crippen molar-refractivity contribution in [2.45, 2.75) is 6.92 Å². The maximum atomic E-state index is 13.5. The Labute approximate surface area is 86.6 Å². The highest BCUT2D eigenvalue weighted by atomic mass is 19.1. The summed E-state index contributed by atoms with van der Waals surface area (Å²) in [7, 11) is 0. The maximum Gasteiger partial charge on any atom is 0.365 e. The van der Waals surface area contributed by atoms with Crippen LogP contribution in [0.4, 0.5) is 8.78 Å². The van der Waals surface area contributed by atoms with Gasteiger partial charge in [-0.15, -0.1) is 8.96 Å². The van der Waals surface area contributed by atoms with Crippen molar-refractivity contribution in [2.75, 3.05) is 0 Å². The second-order valence-corrected chi connectivity index (χ2v) is 3.38. The van der Waals surface area contributed by atoms with Crippen LogP contribution < -0.4 is 4.57 Å². The smallest absolute Gasteiger partial charge is 0.207 e. The standard InChI is InChI=1S/C12H10F2N/c1-9-5-6-15(12(14)7-9)11-4-2-3-10(13)8-11/h2-8H,1H3/q+1. The van der Waals surface area contributed by atoms with Gasteiger partial charge in [0.1, 0.15) is 5.82 Å². The number of aryl methyl sites for hydroxylation is 1. The van der Waals surface area contributed by atoms with Crippen LogP contribution in [0.1, 0.15) is 5.56 Å². The van der Waals surface area contributed by atoms with Crippen molar-refractivity contribution >= 4 is 0 Å². The summed E-state index contributed by atoms with van der Waals surface area (Å²) >= 11 is 0. The van der Waals surface area contributed by atoms with Crippen molar-refractivity contribution < 1.29 is 13.3 Å². The van der Waals surface area contributed by atoms with Crippen LogP contribution in [0.2, 0.25) is 0 Å². The van der Waals surface area contributed by atoms with Crippen LogP contribution in [0.25, 0.3) is 5.69 Å². The predicted molar refractivity (Wildman–Crippen MR) is 52.6 cm³/mol. The van der Waals surface area contributed by atoms with Crippen molar-refractivity contribution in [3.8, 4) is 5.69 Å². The van der Waals surface area contributed by atoms with E-state index in [4.69, 9.17) is 0 Å². The van der Waals surface area contributed by atoms with Crippen LogP contribution in [0.15, 0.2) is 42.6 Å². The van der Waals surface area contributed by atoms with Crippen LogP contribution in [0, 0.1) is 18.7 Å². The maximum absolute atomic E-state index is 13.5. The Hall–Kier alpha value is -1.77. The van der Waals surface area contributed by atoms with Gasteiger partial charge in [-0.25, -0.2) is 4.39 Å². The van der Waals surface area contributed by atoms with E-state index in [1.165, 1.54) is 22.8 Å². The highest BCUT2D eigenvalue weighted by Crippen LogP contribution is 2.05. The van der Waals surface area contributed by atoms with Crippen molar-refractivity contribution in [3.05, 3.63) is 59.9 Å². The minimum absolute atomic E-state index is 0.375. The van der Waals surface area contributed by atoms with E-state index >= 15 is 0 Å². The molecule has 1 aromatic heterocycles. The van der Waals surface area contributed by atoms with E-state index in [2.05, 4.69) is 0 Å². The lowest BCUT2D eigenvalue weighted by Gasteiger charge is -1.97. The quantitative estimate of drug-likeness (QED) is 0.498. The Morgan fingerprint density at radius 1 is 1.07 bits per heavy atom. The Morgan fingerprint density at radius 2 is 1.87 bits per heavy atom. The zero-order valence-corrected chi connectivity index (χ0v) is 8.24. The third-order valence-corrected chi connectivity index (χ3v) is 2.15. The summed E-state index contributed by atoms with van der Waals surface area (Å²) in [4.78, 5) is 0. The number of hydrogen-bond donors (Lipinski definition) is 0. The molecule has 0 unspecified atom stereocenters. The molecular weight excluding hydrogens is 196 g/mol. The molecule has 2 rings (SSSR count). The Balaban J connectivity index is 2.54. The average Bonchev–Trinajstić information content (AvgIpc) is 2.17. The van der Waals surface area contributed by atoms with E-state index in [-0.39, 0.29) is 5.82 Å². The summed E-state index contributed by atoms with van der Waals surface area (Å²) in [5.74, 6) is -0.777. The molecule has 0 saturated carbocycles. The molecule has 0 aliphatic heterocycles. The average molecular weight is 206 g/mol. The van der Waals surface area contributed by atoms with Gasteiger partial charge in [-0.05, 0) is 18.6 Å². The summed E-state index contributed by atoms with van der Waals surface area (Å²) < 4.78 is 27.7. The van der Waals surface area contributed by atoms with Crippen LogP contribution in [-0.4, -0.2) is 0 Å². The molecule has 1 heterocycles. The number of halogens is 2. The highest BCUT2D eigenvalue weighted by molar-refractivity contribution is 5.23. The van der Waals surface area contributed by atoms with E-state index in [1.54, 1.807) is 31.3 Å². The highest BCUT2D eigenvalue weighted by Gasteiger charge is 2.13. The fourth-order valence-electron chi connectivity index (χ4n) is 1.40. The van der Waals surface area contributed by atoms with E-state index in [9.17, 15) is 8.78 Å². The first kappa shape index (κ1) is 9.77. The van der Waals surface area contributed by atoms with Gasteiger partial charge < -0.3 is 0 Å². The van der Waals surface area contributed by atoms with Crippen molar-refractivity contribution in [2.24, 2.45) is 0 Å². The number of hydrogen-bond acceptors (Lipinski definition) is 0. The second-order valence-electron chi connectivity index (χ2n) is 3.38.